The Morgan fingerprint density at radius 1 is 1.46 bits per heavy atom. The summed E-state index contributed by atoms with van der Waals surface area (Å²) in [6.45, 7) is 0. The summed E-state index contributed by atoms with van der Waals surface area (Å²) in [5, 5.41) is 12.0. The van der Waals surface area contributed by atoms with Crippen LogP contribution in [0.2, 0.25) is 0 Å². The average molecular weight is 205 g/mol. The zero-order chi connectivity index (χ0) is 10.1. The molecule has 0 bridgehead atoms. The van der Waals surface area contributed by atoms with Crippen molar-refractivity contribution in [3.8, 4) is 0 Å². The van der Waals surface area contributed by atoms with Gasteiger partial charge in [0.05, 0.1) is 26.9 Å². The maximum atomic E-state index is 10.7. The molecule has 2 unspecified atom stereocenters. The van der Waals surface area contributed by atoms with E-state index in [9.17, 15) is 4.79 Å². The first-order valence-electron chi connectivity index (χ1n) is 4.29. The van der Waals surface area contributed by atoms with E-state index < -0.39 is 5.97 Å². The predicted molar refractivity (Wildman–Crippen MR) is 53.7 cm³/mol. The number of nitrogens with zero attached hydrogens (tertiary/aromatic N) is 1. The lowest BCUT2D eigenvalue weighted by atomic mass is 10.3. The van der Waals surface area contributed by atoms with Crippen molar-refractivity contribution in [1.82, 2.24) is 5.32 Å². The Kier molecular flexibility index (Phi) is 3.21. The highest BCUT2D eigenvalue weighted by molar-refractivity contribution is 7.99. The molecule has 0 spiro atoms. The van der Waals surface area contributed by atoms with Gasteiger partial charge in [0, 0.05) is 5.75 Å². The maximum Gasteiger partial charge on any atom is 0.321 e. The zero-order valence-electron chi connectivity index (χ0n) is 8.28. The van der Waals surface area contributed by atoms with Gasteiger partial charge in [-0.1, -0.05) is 0 Å². The summed E-state index contributed by atoms with van der Waals surface area (Å²) in [5.41, 5.74) is 0. The van der Waals surface area contributed by atoms with E-state index in [1.807, 2.05) is 0 Å². The van der Waals surface area contributed by atoms with Crippen molar-refractivity contribution in [2.24, 2.45) is 0 Å². The number of carboxylic acid groups (broad SMARTS) is 1. The minimum Gasteiger partial charge on any atom is -0.480 e. The van der Waals surface area contributed by atoms with E-state index in [2.05, 4.69) is 26.5 Å². The molecule has 0 radical (unpaired) electrons. The second-order valence-electron chi connectivity index (χ2n) is 4.23. The molecule has 76 valence electrons. The van der Waals surface area contributed by atoms with Gasteiger partial charge in [0.15, 0.2) is 6.17 Å². The normalized spacial score (nSPS) is 30.1. The molecule has 1 heterocycles. The van der Waals surface area contributed by atoms with Crippen LogP contribution in [0.15, 0.2) is 0 Å². The van der Waals surface area contributed by atoms with Crippen LogP contribution < -0.4 is 5.32 Å². The van der Waals surface area contributed by atoms with E-state index in [0.717, 1.165) is 10.2 Å². The largest absolute Gasteiger partial charge is 0.480 e. The summed E-state index contributed by atoms with van der Waals surface area (Å²) >= 11 is 1.71. The van der Waals surface area contributed by atoms with Gasteiger partial charge in [0.2, 0.25) is 0 Å². The molecule has 1 rings (SSSR count). The van der Waals surface area contributed by atoms with Gasteiger partial charge in [0.25, 0.3) is 0 Å². The predicted octanol–water partition coefficient (Wildman–Crippen LogP) is -0.192. The van der Waals surface area contributed by atoms with E-state index in [-0.39, 0.29) is 12.2 Å². The molecule has 4 nitrogen and oxygen atoms in total. The Morgan fingerprint density at radius 3 is 2.54 bits per heavy atom. The monoisotopic (exact) mass is 205 g/mol. The Bertz CT molecular complexity index is 203. The SMILES string of the molecule is C[N+](C)(C)C1CSCC(C(=O)O)N1. The molecule has 0 aromatic heterocycles. The summed E-state index contributed by atoms with van der Waals surface area (Å²) in [6, 6.07) is -0.388. The third-order valence-electron chi connectivity index (χ3n) is 2.19. The molecule has 1 saturated heterocycles. The zero-order valence-corrected chi connectivity index (χ0v) is 9.10. The van der Waals surface area contributed by atoms with E-state index >= 15 is 0 Å². The molecule has 2 N–H and O–H groups in total. The second kappa shape index (κ2) is 3.86. The lowest BCUT2D eigenvalue weighted by Gasteiger charge is -2.38. The summed E-state index contributed by atoms with van der Waals surface area (Å²) in [7, 11) is 6.22. The number of nitrogens with one attached hydrogen (secondary N) is 1. The first-order valence-corrected chi connectivity index (χ1v) is 5.44. The quantitative estimate of drug-likeness (QED) is 0.613. The van der Waals surface area contributed by atoms with Crippen LogP contribution in [0.3, 0.4) is 0 Å². The molecule has 2 atom stereocenters. The van der Waals surface area contributed by atoms with Gasteiger partial charge in [-0.25, -0.2) is 0 Å². The number of aliphatic carboxylic acids is 1. The average Bonchev–Trinajstić information content (AvgIpc) is 2.03. The first kappa shape index (κ1) is 10.8. The fourth-order valence-corrected chi connectivity index (χ4v) is 2.59. The molecule has 1 fully saturated rings. The highest BCUT2D eigenvalue weighted by Gasteiger charge is 2.33. The van der Waals surface area contributed by atoms with Crippen LogP contribution in [0, 0.1) is 0 Å². The van der Waals surface area contributed by atoms with Gasteiger partial charge in [-0.15, -0.1) is 0 Å². The number of carbonyl (C=O) groups is 1. The second-order valence-corrected chi connectivity index (χ2v) is 5.30. The lowest BCUT2D eigenvalue weighted by molar-refractivity contribution is -0.896. The lowest BCUT2D eigenvalue weighted by Crippen LogP contribution is -2.62. The van der Waals surface area contributed by atoms with E-state index in [4.69, 9.17) is 5.11 Å². The van der Waals surface area contributed by atoms with Crippen molar-refractivity contribution in [3.63, 3.8) is 0 Å². The van der Waals surface area contributed by atoms with Gasteiger partial charge in [-0.05, 0) is 0 Å². The fraction of sp³-hybridized carbons (Fsp3) is 0.875. The third-order valence-corrected chi connectivity index (χ3v) is 3.31. The van der Waals surface area contributed by atoms with Crippen LogP contribution in [0.5, 0.6) is 0 Å². The molecule has 5 heteroatoms. The number of hydrogen-bond acceptors (Lipinski definition) is 3. The Labute approximate surface area is 82.9 Å². The van der Waals surface area contributed by atoms with Crippen LogP contribution in [-0.2, 0) is 4.79 Å². The van der Waals surface area contributed by atoms with E-state index in [1.165, 1.54) is 0 Å². The number of thioether (sulfide) groups is 1. The Morgan fingerprint density at radius 2 is 2.08 bits per heavy atom. The number of hydrogen-bond donors (Lipinski definition) is 2. The highest BCUT2D eigenvalue weighted by atomic mass is 32.2. The number of rotatable bonds is 2. The van der Waals surface area contributed by atoms with Gasteiger partial charge >= 0.3 is 5.97 Å². The fourth-order valence-electron chi connectivity index (χ4n) is 1.22. The smallest absolute Gasteiger partial charge is 0.321 e. The summed E-state index contributed by atoms with van der Waals surface area (Å²) in [5.74, 6) is 0.907. The molecular weight excluding hydrogens is 188 g/mol. The van der Waals surface area contributed by atoms with Crippen LogP contribution >= 0.6 is 11.8 Å². The molecular formula is C8H17N2O2S+. The number of carboxylic acids is 1. The third kappa shape index (κ3) is 2.86. The van der Waals surface area contributed by atoms with Gasteiger partial charge in [-0.3, -0.25) is 10.1 Å². The van der Waals surface area contributed by atoms with E-state index in [1.54, 1.807) is 11.8 Å². The first-order chi connectivity index (χ1) is 5.91. The maximum absolute atomic E-state index is 10.7. The highest BCUT2D eigenvalue weighted by Crippen LogP contribution is 2.16. The van der Waals surface area contributed by atoms with Crippen LogP contribution in [0.4, 0.5) is 0 Å². The van der Waals surface area contributed by atoms with Crippen molar-refractivity contribution >= 4 is 17.7 Å². The van der Waals surface area contributed by atoms with Crippen molar-refractivity contribution in [2.45, 2.75) is 12.2 Å². The summed E-state index contributed by atoms with van der Waals surface area (Å²) in [6.07, 6.45) is 0.236. The summed E-state index contributed by atoms with van der Waals surface area (Å²) in [4.78, 5) is 10.7. The van der Waals surface area contributed by atoms with Gasteiger partial charge in [-0.2, -0.15) is 11.8 Å². The van der Waals surface area contributed by atoms with Crippen LogP contribution in [0.25, 0.3) is 0 Å². The van der Waals surface area contributed by atoms with Crippen LogP contribution in [-0.4, -0.2) is 60.4 Å². The molecule has 0 amide bonds. The minimum atomic E-state index is -0.745. The standard InChI is InChI=1S/C8H16N2O2S/c1-10(2,3)7-5-13-4-6(9-7)8(11)12/h6-7,9H,4-5H2,1-3H3/p+1. The molecule has 0 aliphatic carbocycles. The molecule has 1 aliphatic heterocycles. The van der Waals surface area contributed by atoms with E-state index in [0.29, 0.717) is 5.75 Å². The van der Waals surface area contributed by atoms with Crippen molar-refractivity contribution in [1.29, 1.82) is 0 Å². The molecule has 13 heavy (non-hydrogen) atoms. The van der Waals surface area contributed by atoms with Crippen molar-refractivity contribution in [2.75, 3.05) is 32.6 Å². The van der Waals surface area contributed by atoms with Gasteiger partial charge < -0.3 is 9.59 Å². The molecule has 0 saturated carbocycles. The van der Waals surface area contributed by atoms with Crippen molar-refractivity contribution < 1.29 is 14.4 Å². The van der Waals surface area contributed by atoms with Crippen molar-refractivity contribution in [3.05, 3.63) is 0 Å². The minimum absolute atomic E-state index is 0.236. The summed E-state index contributed by atoms with van der Waals surface area (Å²) < 4.78 is 0.761. The Hall–Kier alpha value is -0.260. The van der Waals surface area contributed by atoms with Crippen LogP contribution in [0.1, 0.15) is 0 Å². The topological polar surface area (TPSA) is 49.3 Å². The molecule has 1 aliphatic rings. The number of quaternary nitrogens is 1. The molecule has 0 aromatic rings. The molecule has 0 aromatic carbocycles. The van der Waals surface area contributed by atoms with Gasteiger partial charge in [0.1, 0.15) is 6.04 Å². The Balaban J connectivity index is 2.57.